The van der Waals surface area contributed by atoms with Gasteiger partial charge in [-0.1, -0.05) is 0 Å². The van der Waals surface area contributed by atoms with Gasteiger partial charge in [-0.3, -0.25) is 0 Å². The van der Waals surface area contributed by atoms with E-state index < -0.39 is 0 Å². The number of hydrogen-bond donors (Lipinski definition) is 0. The van der Waals surface area contributed by atoms with Crippen LogP contribution in [0.2, 0.25) is 0 Å². The fourth-order valence-corrected chi connectivity index (χ4v) is 1.83. The molecule has 0 saturated heterocycles. The van der Waals surface area contributed by atoms with Gasteiger partial charge in [0.15, 0.2) is 0 Å². The number of ketones is 1. The highest BCUT2D eigenvalue weighted by molar-refractivity contribution is 5.75. The molecule has 0 atom stereocenters. The molecule has 0 aliphatic carbocycles. The molecule has 1 rings (SSSR count). The van der Waals surface area contributed by atoms with E-state index in [0.717, 1.165) is 29.9 Å². The fourth-order valence-electron chi connectivity index (χ4n) is 1.83. The lowest BCUT2D eigenvalue weighted by Gasteiger charge is -2.12. The molecule has 0 bridgehead atoms. The van der Waals surface area contributed by atoms with Crippen molar-refractivity contribution in [3.8, 4) is 11.5 Å². The third-order valence-electron chi connectivity index (χ3n) is 2.62. The van der Waals surface area contributed by atoms with Crippen LogP contribution in [0.15, 0.2) is 18.2 Å². The lowest BCUT2D eigenvalue weighted by molar-refractivity contribution is -0.117. The van der Waals surface area contributed by atoms with Crippen LogP contribution >= 0.6 is 0 Å². The molecule has 0 amide bonds. The van der Waals surface area contributed by atoms with Gasteiger partial charge < -0.3 is 14.3 Å². The first-order chi connectivity index (χ1) is 8.67. The third kappa shape index (κ3) is 4.78. The van der Waals surface area contributed by atoms with E-state index >= 15 is 0 Å². The number of rotatable bonds is 8. The Morgan fingerprint density at radius 3 is 2.50 bits per heavy atom. The molecule has 0 spiro atoms. The molecule has 18 heavy (non-hydrogen) atoms. The molecule has 0 aromatic heterocycles. The zero-order valence-electron chi connectivity index (χ0n) is 11.5. The van der Waals surface area contributed by atoms with Crippen LogP contribution in [0.4, 0.5) is 0 Å². The van der Waals surface area contributed by atoms with E-state index in [1.807, 2.05) is 32.0 Å². The monoisotopic (exact) mass is 250 g/mol. The Hall–Kier alpha value is -1.51. The van der Waals surface area contributed by atoms with E-state index in [9.17, 15) is 4.79 Å². The Morgan fingerprint density at radius 2 is 1.89 bits per heavy atom. The van der Waals surface area contributed by atoms with Gasteiger partial charge in [-0.25, -0.2) is 0 Å². The van der Waals surface area contributed by atoms with Crippen LogP contribution < -0.4 is 9.47 Å². The Labute approximate surface area is 109 Å². The number of carbonyl (C=O) groups excluding carboxylic acids is 1. The van der Waals surface area contributed by atoms with Gasteiger partial charge in [-0.15, -0.1) is 0 Å². The van der Waals surface area contributed by atoms with Gasteiger partial charge in [0.2, 0.25) is 0 Å². The highest BCUT2D eigenvalue weighted by Gasteiger charge is 2.06. The van der Waals surface area contributed by atoms with Gasteiger partial charge >= 0.3 is 0 Å². The predicted octanol–water partition coefficient (Wildman–Crippen LogP) is 3.40. The van der Waals surface area contributed by atoms with E-state index in [4.69, 9.17) is 9.47 Å². The van der Waals surface area contributed by atoms with E-state index in [1.165, 1.54) is 0 Å². The maximum Gasteiger partial charge on any atom is 0.129 e. The van der Waals surface area contributed by atoms with Crippen LogP contribution in [0.5, 0.6) is 11.5 Å². The number of ether oxygens (including phenoxy) is 2. The molecule has 0 fully saturated rings. The standard InChI is InChI=1S/C15H22O3/c1-4-17-14-9-10-15(18-5-2)13(11-14)8-6-7-12(3)16/h9-11H,4-8H2,1-3H3. The van der Waals surface area contributed by atoms with Crippen molar-refractivity contribution in [2.24, 2.45) is 0 Å². The largest absolute Gasteiger partial charge is 0.494 e. The smallest absolute Gasteiger partial charge is 0.129 e. The van der Waals surface area contributed by atoms with Gasteiger partial charge in [0, 0.05) is 6.42 Å². The minimum absolute atomic E-state index is 0.230. The number of benzene rings is 1. The maximum atomic E-state index is 11.0. The first-order valence-corrected chi connectivity index (χ1v) is 6.55. The number of hydrogen-bond acceptors (Lipinski definition) is 3. The van der Waals surface area contributed by atoms with Crippen LogP contribution in [0.1, 0.15) is 39.2 Å². The minimum atomic E-state index is 0.230. The molecule has 3 heteroatoms. The predicted molar refractivity (Wildman–Crippen MR) is 72.4 cm³/mol. The second-order valence-corrected chi connectivity index (χ2v) is 4.19. The molecule has 0 saturated carbocycles. The average Bonchev–Trinajstić information content (AvgIpc) is 2.32. The maximum absolute atomic E-state index is 11.0. The molecule has 3 nitrogen and oxygen atoms in total. The van der Waals surface area contributed by atoms with Crippen LogP contribution in [-0.4, -0.2) is 19.0 Å². The normalized spacial score (nSPS) is 10.2. The summed E-state index contributed by atoms with van der Waals surface area (Å²) in [6, 6.07) is 5.87. The van der Waals surface area contributed by atoms with Gasteiger partial charge in [0.25, 0.3) is 0 Å². The summed E-state index contributed by atoms with van der Waals surface area (Å²) in [5.74, 6) is 1.98. The molecule has 0 aliphatic heterocycles. The molecule has 0 radical (unpaired) electrons. The van der Waals surface area contributed by atoms with Gasteiger partial charge in [-0.2, -0.15) is 0 Å². The molecule has 1 aromatic carbocycles. The van der Waals surface area contributed by atoms with Crippen molar-refractivity contribution in [3.63, 3.8) is 0 Å². The molecular formula is C15H22O3. The van der Waals surface area contributed by atoms with Crippen molar-refractivity contribution in [3.05, 3.63) is 23.8 Å². The third-order valence-corrected chi connectivity index (χ3v) is 2.62. The fraction of sp³-hybridized carbons (Fsp3) is 0.533. The molecule has 0 N–H and O–H groups in total. The Morgan fingerprint density at radius 1 is 1.17 bits per heavy atom. The number of Topliss-reactive ketones (excluding diaryl/α,β-unsaturated/α-hetero) is 1. The molecule has 100 valence electrons. The van der Waals surface area contributed by atoms with E-state index in [-0.39, 0.29) is 5.78 Å². The van der Waals surface area contributed by atoms with Crippen LogP contribution in [0.25, 0.3) is 0 Å². The Kier molecular flexibility index (Phi) is 6.26. The van der Waals surface area contributed by atoms with E-state index in [1.54, 1.807) is 6.92 Å². The van der Waals surface area contributed by atoms with Gasteiger partial charge in [0.1, 0.15) is 17.3 Å². The van der Waals surface area contributed by atoms with Crippen molar-refractivity contribution in [2.75, 3.05) is 13.2 Å². The first-order valence-electron chi connectivity index (χ1n) is 6.55. The summed E-state index contributed by atoms with van der Waals surface area (Å²) in [6.07, 6.45) is 2.31. The van der Waals surface area contributed by atoms with Crippen LogP contribution in [-0.2, 0) is 11.2 Å². The second-order valence-electron chi connectivity index (χ2n) is 4.19. The second kappa shape index (κ2) is 7.75. The average molecular weight is 250 g/mol. The molecule has 0 heterocycles. The zero-order valence-corrected chi connectivity index (χ0v) is 11.5. The summed E-state index contributed by atoms with van der Waals surface area (Å²) in [5, 5.41) is 0. The summed E-state index contributed by atoms with van der Waals surface area (Å²) < 4.78 is 11.1. The summed E-state index contributed by atoms with van der Waals surface area (Å²) in [7, 11) is 0. The van der Waals surface area contributed by atoms with Crippen molar-refractivity contribution < 1.29 is 14.3 Å². The lowest BCUT2D eigenvalue weighted by Crippen LogP contribution is -2.00. The highest BCUT2D eigenvalue weighted by Crippen LogP contribution is 2.26. The summed E-state index contributed by atoms with van der Waals surface area (Å²) in [6.45, 7) is 6.86. The van der Waals surface area contributed by atoms with Crippen molar-refractivity contribution >= 4 is 5.78 Å². The molecule has 0 aliphatic rings. The minimum Gasteiger partial charge on any atom is -0.494 e. The number of carbonyl (C=O) groups is 1. The van der Waals surface area contributed by atoms with Crippen LogP contribution in [0.3, 0.4) is 0 Å². The summed E-state index contributed by atoms with van der Waals surface area (Å²) in [5.41, 5.74) is 1.11. The van der Waals surface area contributed by atoms with Gasteiger partial charge in [-0.05, 0) is 57.4 Å². The molecule has 0 unspecified atom stereocenters. The topological polar surface area (TPSA) is 35.5 Å². The van der Waals surface area contributed by atoms with E-state index in [0.29, 0.717) is 19.6 Å². The highest BCUT2D eigenvalue weighted by atomic mass is 16.5. The number of aryl methyl sites for hydroxylation is 1. The summed E-state index contributed by atoms with van der Waals surface area (Å²) >= 11 is 0. The van der Waals surface area contributed by atoms with Crippen molar-refractivity contribution in [2.45, 2.75) is 40.0 Å². The van der Waals surface area contributed by atoms with Crippen molar-refractivity contribution in [1.82, 2.24) is 0 Å². The first kappa shape index (κ1) is 14.6. The SMILES string of the molecule is CCOc1ccc(OCC)c(CCCC(C)=O)c1. The Bertz CT molecular complexity index is 385. The van der Waals surface area contributed by atoms with Gasteiger partial charge in [0.05, 0.1) is 13.2 Å². The van der Waals surface area contributed by atoms with Crippen LogP contribution in [0, 0.1) is 0 Å². The Balaban J connectivity index is 2.75. The quantitative estimate of drug-likeness (QED) is 0.709. The molecule has 1 aromatic rings. The van der Waals surface area contributed by atoms with E-state index in [2.05, 4.69) is 0 Å². The zero-order chi connectivity index (χ0) is 13.4. The summed E-state index contributed by atoms with van der Waals surface area (Å²) in [4.78, 5) is 11.0. The lowest BCUT2D eigenvalue weighted by atomic mass is 10.1. The van der Waals surface area contributed by atoms with Crippen molar-refractivity contribution in [1.29, 1.82) is 0 Å². The molecular weight excluding hydrogens is 228 g/mol.